The summed E-state index contributed by atoms with van der Waals surface area (Å²) in [6.07, 6.45) is -2.89. The molecule has 0 fully saturated rings. The van der Waals surface area contributed by atoms with E-state index < -0.39 is 49.1 Å². The highest BCUT2D eigenvalue weighted by Crippen LogP contribution is 2.44. The highest BCUT2D eigenvalue weighted by molar-refractivity contribution is 5.84. The molecule has 1 unspecified atom stereocenters. The van der Waals surface area contributed by atoms with Gasteiger partial charge in [0.25, 0.3) is 0 Å². The quantitative estimate of drug-likeness (QED) is 0.466. The van der Waals surface area contributed by atoms with Gasteiger partial charge in [0.05, 0.1) is 0 Å². The highest BCUT2D eigenvalue weighted by Gasteiger charge is 2.41. The molecule has 7 nitrogen and oxygen atoms in total. The number of fused-ring (bicyclic) bond motifs is 3. The first-order chi connectivity index (χ1) is 16.6. The normalized spacial score (nSPS) is 14.1. The Labute approximate surface area is 199 Å². The predicted octanol–water partition coefficient (Wildman–Crippen LogP) is 3.83. The van der Waals surface area contributed by atoms with Crippen LogP contribution in [0.5, 0.6) is 0 Å². The number of alkyl halides is 3. The number of hydrogen-bond donors (Lipinski definition) is 3. The van der Waals surface area contributed by atoms with Crippen molar-refractivity contribution < 1.29 is 37.4 Å². The molecule has 3 N–H and O–H groups in total. The molecule has 0 saturated heterocycles. The largest absolute Gasteiger partial charge is 0.480 e. The number of amides is 2. The Morgan fingerprint density at radius 3 is 2.11 bits per heavy atom. The van der Waals surface area contributed by atoms with Crippen molar-refractivity contribution in [3.8, 4) is 23.5 Å². The number of alkyl carbamates (subject to hydrolysis) is 1. The van der Waals surface area contributed by atoms with Crippen LogP contribution in [-0.4, -0.2) is 47.9 Å². The molecule has 0 bridgehead atoms. The van der Waals surface area contributed by atoms with Gasteiger partial charge in [-0.25, -0.2) is 9.59 Å². The second-order valence-corrected chi connectivity index (χ2v) is 7.97. The van der Waals surface area contributed by atoms with E-state index in [9.17, 15) is 27.6 Å². The van der Waals surface area contributed by atoms with E-state index in [2.05, 4.69) is 11.2 Å². The smallest absolute Gasteiger partial charge is 0.408 e. The molecule has 3 rings (SSSR count). The maximum atomic E-state index is 13.5. The van der Waals surface area contributed by atoms with Gasteiger partial charge in [0.15, 0.2) is 0 Å². The van der Waals surface area contributed by atoms with Crippen molar-refractivity contribution in [1.82, 2.24) is 10.6 Å². The van der Waals surface area contributed by atoms with Crippen molar-refractivity contribution in [3.05, 3.63) is 59.7 Å². The Bertz CT molecular complexity index is 1100. The molecule has 10 heteroatoms. The number of hydrogen-bond acceptors (Lipinski definition) is 4. The number of carboxylic acid groups (broad SMARTS) is 1. The lowest BCUT2D eigenvalue weighted by Crippen LogP contribution is -2.47. The van der Waals surface area contributed by atoms with E-state index in [0.29, 0.717) is 0 Å². The number of benzene rings is 2. The van der Waals surface area contributed by atoms with Gasteiger partial charge in [0, 0.05) is 18.8 Å². The molecule has 0 saturated carbocycles. The number of ether oxygens (including phenoxy) is 1. The molecule has 2 atom stereocenters. The zero-order valence-corrected chi connectivity index (χ0v) is 18.5. The SMILES string of the molecule is C#CCC(NC(=O)CC[C@H](NC(=O)OCC1c2ccccc2-c2ccccc21)C(F)(F)F)C(=O)O. The van der Waals surface area contributed by atoms with Gasteiger partial charge in [0.2, 0.25) is 5.91 Å². The fraction of sp³-hybridized carbons (Fsp3) is 0.320. The van der Waals surface area contributed by atoms with E-state index in [1.165, 1.54) is 0 Å². The van der Waals surface area contributed by atoms with E-state index in [4.69, 9.17) is 16.3 Å². The Balaban J connectivity index is 1.59. The molecule has 2 aromatic rings. The van der Waals surface area contributed by atoms with Crippen molar-refractivity contribution in [2.75, 3.05) is 6.61 Å². The van der Waals surface area contributed by atoms with Gasteiger partial charge in [-0.3, -0.25) is 4.79 Å². The van der Waals surface area contributed by atoms with Crippen LogP contribution >= 0.6 is 0 Å². The molecule has 1 aliphatic rings. The first kappa shape index (κ1) is 25.6. The lowest BCUT2D eigenvalue weighted by molar-refractivity contribution is -0.157. The highest BCUT2D eigenvalue weighted by atomic mass is 19.4. The molecule has 2 aromatic carbocycles. The molecule has 0 spiro atoms. The second-order valence-electron chi connectivity index (χ2n) is 7.97. The fourth-order valence-corrected chi connectivity index (χ4v) is 3.96. The van der Waals surface area contributed by atoms with Crippen molar-refractivity contribution in [1.29, 1.82) is 0 Å². The summed E-state index contributed by atoms with van der Waals surface area (Å²) in [5, 5.41) is 12.8. The molecule has 35 heavy (non-hydrogen) atoms. The molecule has 0 radical (unpaired) electrons. The number of carbonyl (C=O) groups excluding carboxylic acids is 2. The molecule has 2 amide bonds. The van der Waals surface area contributed by atoms with Gasteiger partial charge in [0.1, 0.15) is 18.7 Å². The standard InChI is InChI=1S/C25H23F3N2O5/c1-2-7-20(23(32)33)29-22(31)13-12-21(25(26,27)28)30-24(34)35-14-19-17-10-5-3-8-15(17)16-9-4-6-11-18(16)19/h1,3-6,8-11,19-21H,7,12-14H2,(H,29,31)(H,30,34)(H,32,33)/t20?,21-/m0/s1. The predicted molar refractivity (Wildman–Crippen MR) is 120 cm³/mol. The van der Waals surface area contributed by atoms with E-state index in [-0.39, 0.29) is 18.9 Å². The Hall–Kier alpha value is -4.00. The third-order valence-electron chi connectivity index (χ3n) is 5.65. The fourth-order valence-electron chi connectivity index (χ4n) is 3.96. The minimum Gasteiger partial charge on any atom is -0.480 e. The molecular weight excluding hydrogens is 465 g/mol. The summed E-state index contributed by atoms with van der Waals surface area (Å²) in [5.41, 5.74) is 3.76. The second kappa shape index (κ2) is 11.0. The number of carboxylic acids is 1. The lowest BCUT2D eigenvalue weighted by Gasteiger charge is -2.22. The van der Waals surface area contributed by atoms with Crippen LogP contribution in [0.4, 0.5) is 18.0 Å². The minimum absolute atomic E-state index is 0.169. The first-order valence-corrected chi connectivity index (χ1v) is 10.8. The number of carbonyl (C=O) groups is 3. The number of aliphatic carboxylic acids is 1. The molecule has 0 heterocycles. The Morgan fingerprint density at radius 2 is 1.60 bits per heavy atom. The summed E-state index contributed by atoms with van der Waals surface area (Å²) < 4.78 is 45.5. The van der Waals surface area contributed by atoms with Gasteiger partial charge < -0.3 is 20.5 Å². The summed E-state index contributed by atoms with van der Waals surface area (Å²) in [6, 6.07) is 11.3. The Morgan fingerprint density at radius 1 is 1.03 bits per heavy atom. The monoisotopic (exact) mass is 488 g/mol. The van der Waals surface area contributed by atoms with Crippen molar-refractivity contribution in [3.63, 3.8) is 0 Å². The van der Waals surface area contributed by atoms with Crippen LogP contribution < -0.4 is 10.6 Å². The first-order valence-electron chi connectivity index (χ1n) is 10.8. The Kier molecular flexibility index (Phi) is 8.02. The zero-order valence-electron chi connectivity index (χ0n) is 18.5. The zero-order chi connectivity index (χ0) is 25.6. The molecule has 0 aliphatic heterocycles. The summed E-state index contributed by atoms with van der Waals surface area (Å²) in [6.45, 7) is -0.169. The third kappa shape index (κ3) is 6.32. The van der Waals surface area contributed by atoms with Gasteiger partial charge >= 0.3 is 18.2 Å². The van der Waals surface area contributed by atoms with Gasteiger partial charge in [-0.1, -0.05) is 48.5 Å². The van der Waals surface area contributed by atoms with Gasteiger partial charge in [-0.15, -0.1) is 12.3 Å². The molecular formula is C25H23F3N2O5. The average molecular weight is 488 g/mol. The van der Waals surface area contributed by atoms with Crippen LogP contribution in [0, 0.1) is 12.3 Å². The van der Waals surface area contributed by atoms with Gasteiger partial charge in [-0.05, 0) is 28.7 Å². The van der Waals surface area contributed by atoms with E-state index in [1.54, 1.807) is 5.32 Å². The summed E-state index contributed by atoms with van der Waals surface area (Å²) in [5.74, 6) is -0.593. The summed E-state index contributed by atoms with van der Waals surface area (Å²) in [7, 11) is 0. The summed E-state index contributed by atoms with van der Waals surface area (Å²) >= 11 is 0. The van der Waals surface area contributed by atoms with Crippen LogP contribution in [0.1, 0.15) is 36.3 Å². The topological polar surface area (TPSA) is 105 Å². The van der Waals surface area contributed by atoms with Gasteiger partial charge in [-0.2, -0.15) is 13.2 Å². The summed E-state index contributed by atoms with van der Waals surface area (Å²) in [4.78, 5) is 35.2. The van der Waals surface area contributed by atoms with Crippen LogP contribution in [0.15, 0.2) is 48.5 Å². The van der Waals surface area contributed by atoms with Crippen molar-refractivity contribution in [2.24, 2.45) is 0 Å². The molecule has 1 aliphatic carbocycles. The van der Waals surface area contributed by atoms with Crippen molar-refractivity contribution in [2.45, 2.75) is 43.4 Å². The maximum Gasteiger partial charge on any atom is 0.408 e. The molecule has 184 valence electrons. The van der Waals surface area contributed by atoms with Crippen LogP contribution in [0.3, 0.4) is 0 Å². The number of halogens is 3. The van der Waals surface area contributed by atoms with E-state index in [0.717, 1.165) is 22.3 Å². The third-order valence-corrected chi connectivity index (χ3v) is 5.65. The van der Waals surface area contributed by atoms with Crippen LogP contribution in [0.25, 0.3) is 11.1 Å². The number of nitrogens with one attached hydrogen (secondary N) is 2. The van der Waals surface area contributed by atoms with E-state index >= 15 is 0 Å². The van der Waals surface area contributed by atoms with Crippen molar-refractivity contribution >= 4 is 18.0 Å². The van der Waals surface area contributed by atoms with E-state index in [1.807, 2.05) is 48.5 Å². The lowest BCUT2D eigenvalue weighted by atomic mass is 9.98. The van der Waals surface area contributed by atoms with Crippen LogP contribution in [-0.2, 0) is 14.3 Å². The number of terminal acetylenes is 1. The minimum atomic E-state index is -4.85. The average Bonchev–Trinajstić information content (AvgIpc) is 3.13. The maximum absolute atomic E-state index is 13.5. The molecule has 0 aromatic heterocycles. The number of rotatable bonds is 9. The van der Waals surface area contributed by atoms with Crippen LogP contribution in [0.2, 0.25) is 0 Å².